The van der Waals surface area contributed by atoms with Gasteiger partial charge in [0.05, 0.1) is 0 Å². The highest BCUT2D eigenvalue weighted by molar-refractivity contribution is 5.73. The highest BCUT2D eigenvalue weighted by atomic mass is 16.5. The van der Waals surface area contributed by atoms with E-state index in [1.54, 1.807) is 6.92 Å². The van der Waals surface area contributed by atoms with E-state index in [-0.39, 0.29) is 11.5 Å². The maximum Gasteiger partial charge on any atom is 0.219 e. The van der Waals surface area contributed by atoms with Gasteiger partial charge in [-0.3, -0.25) is 9.69 Å². The maximum atomic E-state index is 11.4. The van der Waals surface area contributed by atoms with Gasteiger partial charge in [-0.2, -0.15) is 0 Å². The molecule has 1 saturated heterocycles. The lowest BCUT2D eigenvalue weighted by molar-refractivity contribution is -0.130. The molecule has 2 fully saturated rings. The molecule has 0 bridgehead atoms. The van der Waals surface area contributed by atoms with Gasteiger partial charge in [-0.25, -0.2) is 0 Å². The number of hydrogen-bond acceptors (Lipinski definition) is 4. The maximum absolute atomic E-state index is 11.4. The Morgan fingerprint density at radius 2 is 2.00 bits per heavy atom. The van der Waals surface area contributed by atoms with Crippen LogP contribution in [0.25, 0.3) is 0 Å². The summed E-state index contributed by atoms with van der Waals surface area (Å²) in [6.07, 6.45) is 4.75. The summed E-state index contributed by atoms with van der Waals surface area (Å²) in [5, 5.41) is 3.78. The smallest absolute Gasteiger partial charge is 0.219 e. The molecular weight excluding hydrogens is 314 g/mol. The Balaban J connectivity index is 1.31. The van der Waals surface area contributed by atoms with Crippen molar-refractivity contribution < 1.29 is 9.53 Å². The second kappa shape index (κ2) is 6.96. The molecule has 5 heteroatoms. The lowest BCUT2D eigenvalue weighted by atomic mass is 9.73. The van der Waals surface area contributed by atoms with E-state index in [1.807, 2.05) is 4.90 Å². The average Bonchev–Trinajstić information content (AvgIpc) is 2.60. The van der Waals surface area contributed by atoms with Gasteiger partial charge in [-0.05, 0) is 25.3 Å². The number of nitrogens with one attached hydrogen (secondary N) is 1. The Bertz CT molecular complexity index is 621. The third kappa shape index (κ3) is 3.53. The second-order valence-electron chi connectivity index (χ2n) is 7.73. The monoisotopic (exact) mass is 343 g/mol. The number of amides is 1. The summed E-state index contributed by atoms with van der Waals surface area (Å²) in [7, 11) is 0. The van der Waals surface area contributed by atoms with Crippen LogP contribution in [0, 0.1) is 0 Å². The van der Waals surface area contributed by atoms with Gasteiger partial charge in [0.25, 0.3) is 0 Å². The first-order chi connectivity index (χ1) is 12.2. The molecule has 1 aliphatic carbocycles. The van der Waals surface area contributed by atoms with Crippen LogP contribution in [0.2, 0.25) is 0 Å². The number of carbonyl (C=O) groups is 1. The molecule has 4 rings (SSSR count). The average molecular weight is 343 g/mol. The standard InChI is InChI=1S/C20H29N3O2/c1-16(24)23-13-11-22(12-14-23)10-9-21-18-15-20(7-4-8-20)25-19-6-3-2-5-17(18)19/h2-3,5-6,18,21H,4,7-15H2,1H3. The van der Waals surface area contributed by atoms with E-state index in [9.17, 15) is 4.79 Å². The van der Waals surface area contributed by atoms with Gasteiger partial charge in [0.1, 0.15) is 11.4 Å². The van der Waals surface area contributed by atoms with Crippen LogP contribution < -0.4 is 10.1 Å². The lowest BCUT2D eigenvalue weighted by Crippen LogP contribution is -2.51. The van der Waals surface area contributed by atoms with Crippen molar-refractivity contribution in [2.24, 2.45) is 0 Å². The highest BCUT2D eigenvalue weighted by Gasteiger charge is 2.45. The summed E-state index contributed by atoms with van der Waals surface area (Å²) in [6, 6.07) is 8.89. The number of carbonyl (C=O) groups excluding carboxylic acids is 1. The van der Waals surface area contributed by atoms with E-state index >= 15 is 0 Å². The van der Waals surface area contributed by atoms with Gasteiger partial charge in [0.2, 0.25) is 5.91 Å². The molecule has 25 heavy (non-hydrogen) atoms. The third-order valence-corrected chi connectivity index (χ3v) is 6.10. The Kier molecular flexibility index (Phi) is 4.69. The fourth-order valence-corrected chi connectivity index (χ4v) is 4.36. The Morgan fingerprint density at radius 3 is 2.68 bits per heavy atom. The minimum atomic E-state index is 0.0825. The molecule has 1 N–H and O–H groups in total. The third-order valence-electron chi connectivity index (χ3n) is 6.10. The fraction of sp³-hybridized carbons (Fsp3) is 0.650. The highest BCUT2D eigenvalue weighted by Crippen LogP contribution is 2.48. The van der Waals surface area contributed by atoms with Crippen molar-refractivity contribution in [3.63, 3.8) is 0 Å². The minimum absolute atomic E-state index is 0.0825. The zero-order chi connectivity index (χ0) is 17.3. The molecule has 1 spiro atoms. The quantitative estimate of drug-likeness (QED) is 0.910. The molecule has 5 nitrogen and oxygen atoms in total. The van der Waals surface area contributed by atoms with E-state index in [1.165, 1.54) is 24.8 Å². The number of benzene rings is 1. The number of nitrogens with zero attached hydrogens (tertiary/aromatic N) is 2. The van der Waals surface area contributed by atoms with Gasteiger partial charge >= 0.3 is 0 Å². The van der Waals surface area contributed by atoms with E-state index in [2.05, 4.69) is 34.5 Å². The summed E-state index contributed by atoms with van der Waals surface area (Å²) in [6.45, 7) is 7.37. The zero-order valence-electron chi connectivity index (χ0n) is 15.2. The summed E-state index contributed by atoms with van der Waals surface area (Å²) in [4.78, 5) is 15.8. The largest absolute Gasteiger partial charge is 0.487 e. The summed E-state index contributed by atoms with van der Waals surface area (Å²) in [5.74, 6) is 1.27. The Labute approximate surface area is 150 Å². The van der Waals surface area contributed by atoms with Gasteiger partial charge in [0.15, 0.2) is 0 Å². The number of ether oxygens (including phenoxy) is 1. The van der Waals surface area contributed by atoms with Gasteiger partial charge < -0.3 is 15.0 Å². The molecule has 1 aromatic rings. The Morgan fingerprint density at radius 1 is 1.24 bits per heavy atom. The summed E-state index contributed by atoms with van der Waals surface area (Å²) >= 11 is 0. The first-order valence-electron chi connectivity index (χ1n) is 9.64. The number of para-hydroxylation sites is 1. The van der Waals surface area contributed by atoms with E-state index in [4.69, 9.17) is 4.74 Å². The number of fused-ring (bicyclic) bond motifs is 1. The lowest BCUT2D eigenvalue weighted by Gasteiger charge is -2.48. The molecule has 1 unspecified atom stereocenters. The molecular formula is C20H29N3O2. The molecule has 0 aromatic heterocycles. The van der Waals surface area contributed by atoms with E-state index < -0.39 is 0 Å². The molecule has 1 aromatic carbocycles. The zero-order valence-corrected chi connectivity index (χ0v) is 15.2. The van der Waals surface area contributed by atoms with Crippen molar-refractivity contribution in [2.75, 3.05) is 39.3 Å². The second-order valence-corrected chi connectivity index (χ2v) is 7.73. The van der Waals surface area contributed by atoms with Crippen LogP contribution in [0.15, 0.2) is 24.3 Å². The predicted molar refractivity (Wildman–Crippen MR) is 97.7 cm³/mol. The van der Waals surface area contributed by atoms with Crippen molar-refractivity contribution >= 4 is 5.91 Å². The molecule has 3 aliphatic rings. The molecule has 1 saturated carbocycles. The fourth-order valence-electron chi connectivity index (χ4n) is 4.36. The number of piperazine rings is 1. The van der Waals surface area contributed by atoms with Crippen molar-refractivity contribution in [2.45, 2.75) is 44.2 Å². The van der Waals surface area contributed by atoms with Crippen LogP contribution in [0.4, 0.5) is 0 Å². The summed E-state index contributed by atoms with van der Waals surface area (Å²) < 4.78 is 6.33. The molecule has 2 heterocycles. The van der Waals surface area contributed by atoms with Crippen LogP contribution in [-0.4, -0.2) is 60.6 Å². The topological polar surface area (TPSA) is 44.8 Å². The van der Waals surface area contributed by atoms with Crippen LogP contribution in [0.3, 0.4) is 0 Å². The summed E-state index contributed by atoms with van der Waals surface area (Å²) in [5.41, 5.74) is 1.39. The first kappa shape index (κ1) is 16.9. The first-order valence-corrected chi connectivity index (χ1v) is 9.64. The SMILES string of the molecule is CC(=O)N1CCN(CCNC2CC3(CCC3)Oc3ccccc32)CC1. The van der Waals surface area contributed by atoms with E-state index in [0.29, 0.717) is 6.04 Å². The molecule has 1 amide bonds. The van der Waals surface area contributed by atoms with Gasteiger partial charge in [-0.15, -0.1) is 0 Å². The molecule has 2 aliphatic heterocycles. The van der Waals surface area contributed by atoms with Crippen molar-refractivity contribution in [3.8, 4) is 5.75 Å². The van der Waals surface area contributed by atoms with Crippen molar-refractivity contribution in [1.82, 2.24) is 15.1 Å². The predicted octanol–water partition coefficient (Wildman–Crippen LogP) is 2.19. The van der Waals surface area contributed by atoms with Gasteiger partial charge in [-0.1, -0.05) is 18.2 Å². The van der Waals surface area contributed by atoms with Crippen LogP contribution in [0.1, 0.15) is 44.2 Å². The van der Waals surface area contributed by atoms with Crippen molar-refractivity contribution in [1.29, 1.82) is 0 Å². The number of hydrogen-bond donors (Lipinski definition) is 1. The van der Waals surface area contributed by atoms with Gasteiger partial charge in [0, 0.05) is 64.2 Å². The normalized spacial score (nSPS) is 25.2. The van der Waals surface area contributed by atoms with Crippen LogP contribution >= 0.6 is 0 Å². The number of rotatable bonds is 4. The Hall–Kier alpha value is -1.59. The molecule has 0 radical (unpaired) electrons. The van der Waals surface area contributed by atoms with E-state index in [0.717, 1.165) is 51.4 Å². The van der Waals surface area contributed by atoms with Crippen LogP contribution in [-0.2, 0) is 4.79 Å². The van der Waals surface area contributed by atoms with Crippen LogP contribution in [0.5, 0.6) is 5.75 Å². The minimum Gasteiger partial charge on any atom is -0.487 e. The van der Waals surface area contributed by atoms with Crippen molar-refractivity contribution in [3.05, 3.63) is 29.8 Å². The molecule has 136 valence electrons. The molecule has 1 atom stereocenters.